The summed E-state index contributed by atoms with van der Waals surface area (Å²) in [7, 11) is 0. The number of hydrogen-bond donors (Lipinski definition) is 0. The zero-order valence-corrected chi connectivity index (χ0v) is 12.1. The molecule has 0 rings (SSSR count). The molecule has 0 atom stereocenters. The Labute approximate surface area is 147 Å². The van der Waals surface area contributed by atoms with Gasteiger partial charge in [-0.1, -0.05) is 0 Å². The van der Waals surface area contributed by atoms with E-state index < -0.39 is 10.2 Å². The zero-order chi connectivity index (χ0) is 7.15. The largest absolute Gasteiger partial charge is 2.00 e. The maximum atomic E-state index is 8.25. The molecule has 0 saturated heterocycles. The van der Waals surface area contributed by atoms with E-state index in [4.69, 9.17) is 30.6 Å². The number of rotatable bonds is 0. The Morgan fingerprint density at radius 2 is 0.562 bits per heavy atom. The molecule has 10 N–H and O–H groups in total. The molecular formula is H10Ca2N2O12. The molecule has 0 heterocycles. The standard InChI is InChI=1S/2Ca.2NO3.6H2O/c;;2*2-1(3)4;;;;;;/h;;;;6*1H2/q2*+2;2*-1;;;;;;/p-2. The Morgan fingerprint density at radius 3 is 0.562 bits per heavy atom. The number of hydrogen-bond acceptors (Lipinski definition) is 8. The Bertz CT molecular complexity index is 75.0. The molecule has 16 heavy (non-hydrogen) atoms. The molecule has 0 spiro atoms. The summed E-state index contributed by atoms with van der Waals surface area (Å²) in [4.78, 5) is 16.5. The second-order valence-corrected chi connectivity index (χ2v) is 0.447. The predicted molar refractivity (Wildman–Crippen MR) is 50.6 cm³/mol. The van der Waals surface area contributed by atoms with E-state index in [-0.39, 0.29) is 108 Å². The zero-order valence-electron chi connectivity index (χ0n) is 7.65. The van der Waals surface area contributed by atoms with Crippen LogP contribution in [-0.2, 0) is 0 Å². The van der Waals surface area contributed by atoms with Crippen molar-refractivity contribution >= 4 is 75.5 Å². The van der Waals surface area contributed by atoms with Gasteiger partial charge in [-0.15, -0.1) is 0 Å². The van der Waals surface area contributed by atoms with E-state index in [0.29, 0.717) is 0 Å². The van der Waals surface area contributed by atoms with Gasteiger partial charge in [0.1, 0.15) is 0 Å². The Balaban J connectivity index is -0.00000000375. The van der Waals surface area contributed by atoms with E-state index in [1.54, 1.807) is 0 Å². The minimum absolute atomic E-state index is 0. The van der Waals surface area contributed by atoms with Crippen molar-refractivity contribution in [2.45, 2.75) is 0 Å². The van der Waals surface area contributed by atoms with Crippen LogP contribution in [0.15, 0.2) is 0 Å². The average molecular weight is 310 g/mol. The Morgan fingerprint density at radius 1 is 0.562 bits per heavy atom. The normalized spacial score (nSPS) is 3.00. The van der Waals surface area contributed by atoms with Crippen LogP contribution in [0, 0.1) is 30.6 Å². The van der Waals surface area contributed by atoms with Crippen molar-refractivity contribution in [3.63, 3.8) is 0 Å². The van der Waals surface area contributed by atoms with Crippen molar-refractivity contribution in [3.8, 4) is 0 Å². The SMILES string of the molecule is O.O.O.O.O=[N+]([O-])[O-].O=[N+]([O-])[O-].[Ca+2].[Ca+2].[OH-].[OH-]. The van der Waals surface area contributed by atoms with E-state index in [1.165, 1.54) is 0 Å². The van der Waals surface area contributed by atoms with Gasteiger partial charge in [-0.2, -0.15) is 0 Å². The van der Waals surface area contributed by atoms with Gasteiger partial charge in [-0.3, -0.25) is 0 Å². The maximum Gasteiger partial charge on any atom is 2.00 e. The maximum absolute atomic E-state index is 8.25. The first-order chi connectivity index (χ1) is 3.46. The summed E-state index contributed by atoms with van der Waals surface area (Å²) < 4.78 is 0. The van der Waals surface area contributed by atoms with Gasteiger partial charge in [-0.25, -0.2) is 0 Å². The molecule has 0 aromatic heterocycles. The fourth-order valence-corrected chi connectivity index (χ4v) is 0. The first kappa shape index (κ1) is 91.9. The van der Waals surface area contributed by atoms with Gasteiger partial charge in [0.15, 0.2) is 0 Å². The summed E-state index contributed by atoms with van der Waals surface area (Å²) in [5, 5.41) is 29.5. The van der Waals surface area contributed by atoms with Crippen molar-refractivity contribution in [2.24, 2.45) is 0 Å². The van der Waals surface area contributed by atoms with Crippen LogP contribution in [0.3, 0.4) is 0 Å². The minimum atomic E-state index is -1.75. The summed E-state index contributed by atoms with van der Waals surface area (Å²) in [6.07, 6.45) is 0. The van der Waals surface area contributed by atoms with E-state index in [9.17, 15) is 0 Å². The average Bonchev–Trinajstić information content (AvgIpc) is 1.25. The minimum Gasteiger partial charge on any atom is -0.870 e. The van der Waals surface area contributed by atoms with Crippen LogP contribution in [0.4, 0.5) is 0 Å². The van der Waals surface area contributed by atoms with Gasteiger partial charge in [-0.05, 0) is 0 Å². The molecule has 0 amide bonds. The fourth-order valence-electron chi connectivity index (χ4n) is 0. The van der Waals surface area contributed by atoms with Crippen molar-refractivity contribution in [2.75, 3.05) is 0 Å². The van der Waals surface area contributed by atoms with Crippen LogP contribution in [-0.4, -0.2) is 119 Å². The summed E-state index contributed by atoms with van der Waals surface area (Å²) in [5.74, 6) is 0. The molecular weight excluding hydrogens is 300 g/mol. The van der Waals surface area contributed by atoms with Crippen LogP contribution in [0.5, 0.6) is 0 Å². The predicted octanol–water partition coefficient (Wildman–Crippen LogP) is -4.89. The van der Waals surface area contributed by atoms with Crippen molar-refractivity contribution in [1.29, 1.82) is 0 Å². The van der Waals surface area contributed by atoms with Crippen molar-refractivity contribution in [3.05, 3.63) is 30.6 Å². The van der Waals surface area contributed by atoms with E-state index >= 15 is 0 Å². The molecule has 16 heteroatoms. The molecule has 0 fully saturated rings. The molecule has 0 aliphatic heterocycles. The number of nitrogens with zero attached hydrogens (tertiary/aromatic N) is 2. The van der Waals surface area contributed by atoms with Crippen molar-refractivity contribution < 1.29 is 43.0 Å². The fraction of sp³-hybridized carbons (Fsp3) is 0. The van der Waals surface area contributed by atoms with Gasteiger partial charge >= 0.3 is 75.5 Å². The molecule has 0 aromatic carbocycles. The van der Waals surface area contributed by atoms with Crippen LogP contribution in [0.1, 0.15) is 0 Å². The van der Waals surface area contributed by atoms with Gasteiger partial charge in [0.25, 0.3) is 0 Å². The third-order valence-corrected chi connectivity index (χ3v) is 0. The van der Waals surface area contributed by atoms with E-state index in [2.05, 4.69) is 0 Å². The first-order valence-corrected chi connectivity index (χ1v) is 1.10. The first-order valence-electron chi connectivity index (χ1n) is 1.10. The molecule has 0 aromatic rings. The molecule has 0 saturated carbocycles. The molecule has 0 unspecified atom stereocenters. The molecule has 0 aliphatic rings. The summed E-state index contributed by atoms with van der Waals surface area (Å²) in [5.41, 5.74) is 0. The summed E-state index contributed by atoms with van der Waals surface area (Å²) in [6.45, 7) is 0. The third-order valence-electron chi connectivity index (χ3n) is 0. The second-order valence-electron chi connectivity index (χ2n) is 0.447. The summed E-state index contributed by atoms with van der Waals surface area (Å²) >= 11 is 0. The third kappa shape index (κ3) is 5950. The smallest absolute Gasteiger partial charge is 0.870 e. The Kier molecular flexibility index (Phi) is 435. The molecule has 14 nitrogen and oxygen atoms in total. The van der Waals surface area contributed by atoms with Crippen molar-refractivity contribution in [1.82, 2.24) is 0 Å². The Hall–Kier alpha value is 0.679. The molecule has 96 valence electrons. The monoisotopic (exact) mass is 310 g/mol. The van der Waals surface area contributed by atoms with E-state index in [0.717, 1.165) is 0 Å². The van der Waals surface area contributed by atoms with Gasteiger partial charge in [0, 0.05) is 0 Å². The van der Waals surface area contributed by atoms with Gasteiger partial charge in [0.2, 0.25) is 0 Å². The van der Waals surface area contributed by atoms with E-state index in [1.807, 2.05) is 0 Å². The van der Waals surface area contributed by atoms with Crippen LogP contribution < -0.4 is 0 Å². The topological polar surface area (TPSA) is 318 Å². The summed E-state index contributed by atoms with van der Waals surface area (Å²) in [6, 6.07) is 0. The quantitative estimate of drug-likeness (QED) is 0.236. The second kappa shape index (κ2) is 75.7. The van der Waals surface area contributed by atoms with Crippen LogP contribution in [0.25, 0.3) is 0 Å². The van der Waals surface area contributed by atoms with Crippen LogP contribution >= 0.6 is 0 Å². The molecule has 0 bridgehead atoms. The van der Waals surface area contributed by atoms with Gasteiger partial charge in [0.05, 0.1) is 10.2 Å². The molecule has 0 aliphatic carbocycles. The van der Waals surface area contributed by atoms with Gasteiger partial charge < -0.3 is 63.5 Å². The molecule has 0 radical (unpaired) electrons. The van der Waals surface area contributed by atoms with Crippen LogP contribution in [0.2, 0.25) is 0 Å².